The minimum Gasteiger partial charge on any atom is -0.461 e. The van der Waals surface area contributed by atoms with E-state index in [1.54, 1.807) is 19.1 Å². The number of amides is 1. The van der Waals surface area contributed by atoms with Gasteiger partial charge in [-0.05, 0) is 37.3 Å². The van der Waals surface area contributed by atoms with E-state index in [9.17, 15) is 9.18 Å². The number of carbonyl (C=O) groups is 1. The molecule has 2 aromatic heterocycles. The summed E-state index contributed by atoms with van der Waals surface area (Å²) in [7, 11) is 0. The van der Waals surface area contributed by atoms with Crippen molar-refractivity contribution in [1.29, 1.82) is 0 Å². The van der Waals surface area contributed by atoms with Crippen LogP contribution in [0.5, 0.6) is 0 Å². The molecule has 0 saturated carbocycles. The lowest BCUT2D eigenvalue weighted by atomic mass is 10.3. The Labute approximate surface area is 151 Å². The van der Waals surface area contributed by atoms with E-state index in [-0.39, 0.29) is 10.9 Å². The van der Waals surface area contributed by atoms with Crippen molar-refractivity contribution >= 4 is 35.0 Å². The quantitative estimate of drug-likeness (QED) is 0.520. The van der Waals surface area contributed by atoms with Gasteiger partial charge in [0.2, 0.25) is 16.9 Å². The van der Waals surface area contributed by atoms with Gasteiger partial charge in [-0.2, -0.15) is 0 Å². The normalized spacial score (nSPS) is 12.1. The van der Waals surface area contributed by atoms with Gasteiger partial charge in [0.05, 0.1) is 16.5 Å². The first-order valence-corrected chi connectivity index (χ1v) is 8.38. The zero-order valence-corrected chi connectivity index (χ0v) is 14.5. The Bertz CT molecular complexity index is 899. The Kier molecular flexibility index (Phi) is 4.95. The summed E-state index contributed by atoms with van der Waals surface area (Å²) in [4.78, 5) is 12.3. The van der Waals surface area contributed by atoms with E-state index in [2.05, 4.69) is 15.5 Å². The SMILES string of the molecule is C[C@@H](Sc1nnc(-c2ccco2)n1N)C(=O)Nc1ccc(F)c(Cl)c1. The molecule has 1 amide bonds. The number of nitrogens with two attached hydrogens (primary N) is 1. The first kappa shape index (κ1) is 17.3. The van der Waals surface area contributed by atoms with Crippen LogP contribution in [0.15, 0.2) is 46.2 Å². The van der Waals surface area contributed by atoms with Crippen LogP contribution in [-0.2, 0) is 4.79 Å². The maximum atomic E-state index is 13.2. The summed E-state index contributed by atoms with van der Waals surface area (Å²) in [5.41, 5.74) is 0.398. The van der Waals surface area contributed by atoms with E-state index in [1.807, 2.05) is 0 Å². The van der Waals surface area contributed by atoms with Gasteiger partial charge < -0.3 is 15.6 Å². The molecule has 0 saturated heterocycles. The fourth-order valence-electron chi connectivity index (χ4n) is 1.96. The van der Waals surface area contributed by atoms with Crippen molar-refractivity contribution < 1.29 is 13.6 Å². The minimum atomic E-state index is -0.552. The van der Waals surface area contributed by atoms with Crippen molar-refractivity contribution in [2.45, 2.75) is 17.3 Å². The molecule has 10 heteroatoms. The highest BCUT2D eigenvalue weighted by Gasteiger charge is 2.21. The Morgan fingerprint density at radius 1 is 1.44 bits per heavy atom. The molecule has 0 fully saturated rings. The van der Waals surface area contributed by atoms with E-state index in [0.717, 1.165) is 11.8 Å². The summed E-state index contributed by atoms with van der Waals surface area (Å²) < 4.78 is 19.6. The molecule has 0 aliphatic heterocycles. The molecule has 130 valence electrons. The van der Waals surface area contributed by atoms with Gasteiger partial charge in [0.25, 0.3) is 0 Å². The lowest BCUT2D eigenvalue weighted by molar-refractivity contribution is -0.115. The zero-order chi connectivity index (χ0) is 18.0. The number of nitrogens with zero attached hydrogens (tertiary/aromatic N) is 3. The van der Waals surface area contributed by atoms with Crippen LogP contribution in [0.4, 0.5) is 10.1 Å². The van der Waals surface area contributed by atoms with E-state index in [0.29, 0.717) is 22.4 Å². The molecule has 0 bridgehead atoms. The second kappa shape index (κ2) is 7.16. The summed E-state index contributed by atoms with van der Waals surface area (Å²) in [5.74, 6) is 5.91. The number of halogens is 2. The van der Waals surface area contributed by atoms with Gasteiger partial charge >= 0.3 is 0 Å². The van der Waals surface area contributed by atoms with Crippen LogP contribution in [0.1, 0.15) is 6.92 Å². The van der Waals surface area contributed by atoms with Gasteiger partial charge in [-0.3, -0.25) is 4.79 Å². The van der Waals surface area contributed by atoms with Gasteiger partial charge in [-0.25, -0.2) is 9.07 Å². The summed E-state index contributed by atoms with van der Waals surface area (Å²) in [6, 6.07) is 7.36. The molecule has 3 N–H and O–H groups in total. The van der Waals surface area contributed by atoms with Gasteiger partial charge in [-0.15, -0.1) is 10.2 Å². The molecule has 25 heavy (non-hydrogen) atoms. The average molecular weight is 382 g/mol. The first-order chi connectivity index (χ1) is 12.0. The maximum absolute atomic E-state index is 13.2. The first-order valence-electron chi connectivity index (χ1n) is 7.12. The van der Waals surface area contributed by atoms with Crippen LogP contribution in [0.3, 0.4) is 0 Å². The molecule has 1 aromatic carbocycles. The molecule has 2 heterocycles. The van der Waals surface area contributed by atoms with Crippen molar-refractivity contribution in [3.05, 3.63) is 47.4 Å². The average Bonchev–Trinajstić information content (AvgIpc) is 3.21. The van der Waals surface area contributed by atoms with Crippen molar-refractivity contribution in [3.8, 4) is 11.6 Å². The van der Waals surface area contributed by atoms with E-state index >= 15 is 0 Å². The lowest BCUT2D eigenvalue weighted by Crippen LogP contribution is -2.23. The van der Waals surface area contributed by atoms with Crippen molar-refractivity contribution in [3.63, 3.8) is 0 Å². The number of rotatable bonds is 5. The second-order valence-corrected chi connectivity index (χ2v) is 6.75. The molecular weight excluding hydrogens is 369 g/mol. The number of carbonyl (C=O) groups excluding carboxylic acids is 1. The number of nitrogens with one attached hydrogen (secondary N) is 1. The molecular formula is C15H13ClFN5O2S. The van der Waals surface area contributed by atoms with Crippen molar-refractivity contribution in [1.82, 2.24) is 14.9 Å². The highest BCUT2D eigenvalue weighted by molar-refractivity contribution is 8.00. The van der Waals surface area contributed by atoms with E-state index in [1.165, 1.54) is 29.1 Å². The third-order valence-corrected chi connectivity index (χ3v) is 4.59. The van der Waals surface area contributed by atoms with Gasteiger partial charge in [0.1, 0.15) is 5.82 Å². The Morgan fingerprint density at radius 3 is 2.92 bits per heavy atom. The predicted octanol–water partition coefficient (Wildman–Crippen LogP) is 3.16. The van der Waals surface area contributed by atoms with Crippen molar-refractivity contribution in [2.24, 2.45) is 0 Å². The standard InChI is InChI=1S/C15H13ClFN5O2S/c1-8(14(23)19-9-4-5-11(17)10(16)7-9)25-15-21-20-13(22(15)18)12-3-2-6-24-12/h2-8H,18H2,1H3,(H,19,23)/t8-/m1/s1. The number of aromatic nitrogens is 3. The lowest BCUT2D eigenvalue weighted by Gasteiger charge is -2.11. The number of hydrogen-bond acceptors (Lipinski definition) is 6. The van der Waals surface area contributed by atoms with Crippen LogP contribution in [0.25, 0.3) is 11.6 Å². The summed E-state index contributed by atoms with van der Waals surface area (Å²) >= 11 is 6.83. The maximum Gasteiger partial charge on any atom is 0.237 e. The molecule has 7 nitrogen and oxygen atoms in total. The largest absolute Gasteiger partial charge is 0.461 e. The topological polar surface area (TPSA) is 99.0 Å². The summed E-state index contributed by atoms with van der Waals surface area (Å²) in [5, 5.41) is 10.3. The number of hydrogen-bond donors (Lipinski definition) is 2. The van der Waals surface area contributed by atoms with E-state index < -0.39 is 11.1 Å². The Balaban J connectivity index is 1.68. The number of nitrogen functional groups attached to an aromatic ring is 1. The van der Waals surface area contributed by atoms with Crippen molar-refractivity contribution in [2.75, 3.05) is 11.2 Å². The second-order valence-electron chi connectivity index (χ2n) is 5.03. The predicted molar refractivity (Wildman–Crippen MR) is 93.2 cm³/mol. The minimum absolute atomic E-state index is 0.0668. The highest BCUT2D eigenvalue weighted by atomic mass is 35.5. The molecule has 0 aliphatic carbocycles. The Morgan fingerprint density at radius 2 is 2.24 bits per heavy atom. The molecule has 3 rings (SSSR count). The van der Waals surface area contributed by atoms with Gasteiger partial charge in [0.15, 0.2) is 5.76 Å². The van der Waals surface area contributed by atoms with Crippen LogP contribution in [0.2, 0.25) is 5.02 Å². The van der Waals surface area contributed by atoms with Gasteiger partial charge in [-0.1, -0.05) is 23.4 Å². The third-order valence-electron chi connectivity index (χ3n) is 3.24. The fourth-order valence-corrected chi connectivity index (χ4v) is 2.91. The number of benzene rings is 1. The summed E-state index contributed by atoms with van der Waals surface area (Å²) in [6.45, 7) is 1.69. The molecule has 0 unspecified atom stereocenters. The fraction of sp³-hybridized carbons (Fsp3) is 0.133. The Hall–Kier alpha value is -2.52. The van der Waals surface area contributed by atoms with Gasteiger partial charge in [0, 0.05) is 5.69 Å². The number of furan rings is 1. The monoisotopic (exact) mass is 381 g/mol. The molecule has 1 atom stereocenters. The van der Waals surface area contributed by atoms with Crippen LogP contribution in [-0.4, -0.2) is 26.0 Å². The third kappa shape index (κ3) is 3.77. The smallest absolute Gasteiger partial charge is 0.237 e. The molecule has 3 aromatic rings. The summed E-state index contributed by atoms with van der Waals surface area (Å²) in [6.07, 6.45) is 1.50. The highest BCUT2D eigenvalue weighted by Crippen LogP contribution is 2.26. The zero-order valence-electron chi connectivity index (χ0n) is 12.9. The molecule has 0 spiro atoms. The van der Waals surface area contributed by atoms with Crippen LogP contribution in [0, 0.1) is 5.82 Å². The number of anilines is 1. The van der Waals surface area contributed by atoms with E-state index in [4.69, 9.17) is 21.9 Å². The van der Waals surface area contributed by atoms with Crippen LogP contribution >= 0.6 is 23.4 Å². The number of thioether (sulfide) groups is 1. The molecule has 0 radical (unpaired) electrons. The molecule has 0 aliphatic rings. The van der Waals surface area contributed by atoms with Crippen LogP contribution < -0.4 is 11.2 Å².